The average molecular weight is 340 g/mol. The Labute approximate surface area is 145 Å². The number of aromatic amines is 1. The van der Waals surface area contributed by atoms with Crippen LogP contribution in [0.2, 0.25) is 0 Å². The van der Waals surface area contributed by atoms with Gasteiger partial charge < -0.3 is 9.88 Å². The number of H-pyrrole nitrogens is 1. The number of hydrogen-bond donors (Lipinski definition) is 1. The summed E-state index contributed by atoms with van der Waals surface area (Å²) < 4.78 is 0. The number of aryl methyl sites for hydroxylation is 2. The van der Waals surface area contributed by atoms with Crippen LogP contribution in [0.15, 0.2) is 12.3 Å². The summed E-state index contributed by atoms with van der Waals surface area (Å²) in [6.45, 7) is 1.51. The highest BCUT2D eigenvalue weighted by Crippen LogP contribution is 2.34. The van der Waals surface area contributed by atoms with Gasteiger partial charge in [0.15, 0.2) is 0 Å². The molecule has 1 fully saturated rings. The molecule has 5 nitrogen and oxygen atoms in total. The molecule has 1 atom stereocenters. The molecule has 2 aliphatic rings. The lowest BCUT2D eigenvalue weighted by molar-refractivity contribution is 0.0702. The van der Waals surface area contributed by atoms with Crippen LogP contribution in [0, 0.1) is 11.3 Å². The van der Waals surface area contributed by atoms with Gasteiger partial charge in [0.25, 0.3) is 5.91 Å². The number of amides is 1. The molecule has 0 unspecified atom stereocenters. The van der Waals surface area contributed by atoms with Crippen molar-refractivity contribution < 1.29 is 4.79 Å². The number of thiazole rings is 1. The van der Waals surface area contributed by atoms with Crippen molar-refractivity contribution in [1.82, 2.24) is 14.9 Å². The predicted octanol–water partition coefficient (Wildman–Crippen LogP) is 3.24. The van der Waals surface area contributed by atoms with E-state index in [1.54, 1.807) is 12.3 Å². The van der Waals surface area contributed by atoms with Crippen LogP contribution in [0.25, 0.3) is 0 Å². The smallest absolute Gasteiger partial charge is 0.270 e. The van der Waals surface area contributed by atoms with Crippen LogP contribution >= 0.6 is 11.3 Å². The summed E-state index contributed by atoms with van der Waals surface area (Å²) in [6, 6.07) is 3.69. The van der Waals surface area contributed by atoms with Gasteiger partial charge in [-0.3, -0.25) is 4.79 Å². The van der Waals surface area contributed by atoms with Crippen molar-refractivity contribution in [3.63, 3.8) is 0 Å². The summed E-state index contributed by atoms with van der Waals surface area (Å²) in [6.07, 6.45) is 8.50. The minimum atomic E-state index is -0.0116. The molecule has 0 bridgehead atoms. The van der Waals surface area contributed by atoms with Gasteiger partial charge in [-0.2, -0.15) is 5.26 Å². The van der Waals surface area contributed by atoms with E-state index in [1.807, 2.05) is 16.2 Å². The van der Waals surface area contributed by atoms with Gasteiger partial charge in [0, 0.05) is 30.1 Å². The molecule has 1 aliphatic carbocycles. The molecule has 1 amide bonds. The maximum absolute atomic E-state index is 12.7. The molecule has 1 aliphatic heterocycles. The van der Waals surface area contributed by atoms with Crippen molar-refractivity contribution in [2.75, 3.05) is 13.1 Å². The molecule has 124 valence electrons. The van der Waals surface area contributed by atoms with E-state index in [1.165, 1.54) is 34.8 Å². The molecule has 2 aromatic heterocycles. The highest BCUT2D eigenvalue weighted by Gasteiger charge is 2.29. The van der Waals surface area contributed by atoms with Crippen LogP contribution in [0.4, 0.5) is 0 Å². The first-order valence-corrected chi connectivity index (χ1v) is 9.42. The maximum Gasteiger partial charge on any atom is 0.270 e. The summed E-state index contributed by atoms with van der Waals surface area (Å²) in [7, 11) is 0. The number of carbonyl (C=O) groups is 1. The molecule has 1 saturated heterocycles. The van der Waals surface area contributed by atoms with Crippen molar-refractivity contribution in [2.24, 2.45) is 0 Å². The second kappa shape index (κ2) is 6.40. The average Bonchev–Trinajstić information content (AvgIpc) is 3.28. The molecule has 2 aromatic rings. The van der Waals surface area contributed by atoms with E-state index in [2.05, 4.69) is 11.1 Å². The number of likely N-dealkylation sites (tertiary alicyclic amines) is 1. The van der Waals surface area contributed by atoms with Crippen LogP contribution in [0.3, 0.4) is 0 Å². The van der Waals surface area contributed by atoms with Crippen LogP contribution in [-0.2, 0) is 12.8 Å². The van der Waals surface area contributed by atoms with Crippen LogP contribution in [-0.4, -0.2) is 33.9 Å². The minimum Gasteiger partial charge on any atom is -0.356 e. The number of fused-ring (bicyclic) bond motifs is 1. The van der Waals surface area contributed by atoms with Crippen molar-refractivity contribution >= 4 is 17.2 Å². The van der Waals surface area contributed by atoms with Crippen LogP contribution in [0.1, 0.15) is 63.2 Å². The van der Waals surface area contributed by atoms with Gasteiger partial charge in [0.1, 0.15) is 11.8 Å². The highest BCUT2D eigenvalue weighted by molar-refractivity contribution is 7.11. The minimum absolute atomic E-state index is 0.0116. The largest absolute Gasteiger partial charge is 0.356 e. The lowest BCUT2D eigenvalue weighted by Gasteiger charge is -2.31. The van der Waals surface area contributed by atoms with Gasteiger partial charge in [-0.05, 0) is 44.6 Å². The van der Waals surface area contributed by atoms with Crippen molar-refractivity contribution in [2.45, 2.75) is 44.4 Å². The second-order valence-electron chi connectivity index (χ2n) is 6.63. The molecule has 3 heterocycles. The lowest BCUT2D eigenvalue weighted by Crippen LogP contribution is -2.39. The van der Waals surface area contributed by atoms with Gasteiger partial charge in [-0.15, -0.1) is 11.3 Å². The Hall–Kier alpha value is -2.13. The second-order valence-corrected chi connectivity index (χ2v) is 7.75. The molecular weight excluding hydrogens is 320 g/mol. The number of nitriles is 1. The Bertz CT molecular complexity index is 777. The number of aromatic nitrogens is 2. The Morgan fingerprint density at radius 3 is 3.04 bits per heavy atom. The van der Waals surface area contributed by atoms with E-state index in [9.17, 15) is 4.79 Å². The fraction of sp³-hybridized carbons (Fsp3) is 0.500. The molecule has 0 aromatic carbocycles. The van der Waals surface area contributed by atoms with Crippen molar-refractivity contribution in [1.29, 1.82) is 5.26 Å². The van der Waals surface area contributed by atoms with E-state index in [0.29, 0.717) is 17.2 Å². The number of hydrogen-bond acceptors (Lipinski definition) is 4. The summed E-state index contributed by atoms with van der Waals surface area (Å²) in [4.78, 5) is 23.8. The summed E-state index contributed by atoms with van der Waals surface area (Å²) in [5.41, 5.74) is 2.30. The van der Waals surface area contributed by atoms with E-state index >= 15 is 0 Å². The van der Waals surface area contributed by atoms with Crippen molar-refractivity contribution in [3.05, 3.63) is 39.1 Å². The standard InChI is InChI=1S/C18H20N4OS/c19-9-12-8-15(20-10-12)18(23)22-7-3-4-13(11-22)17-21-14-5-1-2-6-16(14)24-17/h8,10,13,20H,1-7,11H2/t13-/m0/s1. The first-order valence-electron chi connectivity index (χ1n) is 8.61. The van der Waals surface area contributed by atoms with E-state index in [0.717, 1.165) is 32.4 Å². The predicted molar refractivity (Wildman–Crippen MR) is 92.1 cm³/mol. The molecule has 0 spiro atoms. The number of carbonyl (C=O) groups excluding carboxylic acids is 1. The Balaban J connectivity index is 1.50. The fourth-order valence-corrected chi connectivity index (χ4v) is 4.94. The molecule has 4 rings (SSSR count). The number of piperidine rings is 1. The van der Waals surface area contributed by atoms with Gasteiger partial charge >= 0.3 is 0 Å². The molecule has 24 heavy (non-hydrogen) atoms. The first kappa shape index (κ1) is 15.4. The van der Waals surface area contributed by atoms with Gasteiger partial charge in [-0.25, -0.2) is 4.98 Å². The van der Waals surface area contributed by atoms with Gasteiger partial charge in [-0.1, -0.05) is 0 Å². The van der Waals surface area contributed by atoms with E-state index < -0.39 is 0 Å². The third-order valence-corrected chi connectivity index (χ3v) is 6.28. The molecule has 6 heteroatoms. The normalized spacial score (nSPS) is 20.5. The van der Waals surface area contributed by atoms with Crippen LogP contribution < -0.4 is 0 Å². The SMILES string of the molecule is N#Cc1c[nH]c(C(=O)N2CCC[C@H](c3nc4c(s3)CCCC4)C2)c1. The van der Waals surface area contributed by atoms with Crippen LogP contribution in [0.5, 0.6) is 0 Å². The maximum atomic E-state index is 12.7. The number of rotatable bonds is 2. The quantitative estimate of drug-likeness (QED) is 0.912. The zero-order valence-electron chi connectivity index (χ0n) is 13.5. The molecular formula is C18H20N4OS. The Kier molecular flexibility index (Phi) is 4.11. The molecule has 0 radical (unpaired) electrons. The first-order chi connectivity index (χ1) is 11.7. The zero-order chi connectivity index (χ0) is 16.5. The number of nitrogens with zero attached hydrogens (tertiary/aromatic N) is 3. The third kappa shape index (κ3) is 2.84. The van der Waals surface area contributed by atoms with Gasteiger partial charge in [0.05, 0.1) is 16.3 Å². The zero-order valence-corrected chi connectivity index (χ0v) is 14.4. The van der Waals surface area contributed by atoms with E-state index in [-0.39, 0.29) is 5.91 Å². The third-order valence-electron chi connectivity index (χ3n) is 4.96. The number of nitrogens with one attached hydrogen (secondary N) is 1. The Morgan fingerprint density at radius 2 is 2.25 bits per heavy atom. The lowest BCUT2D eigenvalue weighted by atomic mass is 9.98. The highest BCUT2D eigenvalue weighted by atomic mass is 32.1. The van der Waals surface area contributed by atoms with Gasteiger partial charge in [0.2, 0.25) is 0 Å². The molecule has 0 saturated carbocycles. The monoisotopic (exact) mass is 340 g/mol. The van der Waals surface area contributed by atoms with E-state index in [4.69, 9.17) is 10.2 Å². The summed E-state index contributed by atoms with van der Waals surface area (Å²) in [5.74, 6) is 0.339. The van der Waals surface area contributed by atoms with Crippen molar-refractivity contribution in [3.8, 4) is 6.07 Å². The summed E-state index contributed by atoms with van der Waals surface area (Å²) >= 11 is 1.86. The summed E-state index contributed by atoms with van der Waals surface area (Å²) in [5, 5.41) is 10.1. The fourth-order valence-electron chi connectivity index (χ4n) is 3.66. The topological polar surface area (TPSA) is 72.8 Å². The molecule has 1 N–H and O–H groups in total. The Morgan fingerprint density at radius 1 is 1.38 bits per heavy atom.